The predicted molar refractivity (Wildman–Crippen MR) is 233 cm³/mol. The fourth-order valence-corrected chi connectivity index (χ4v) is 10.1. The van der Waals surface area contributed by atoms with Crippen LogP contribution in [0.2, 0.25) is 0 Å². The van der Waals surface area contributed by atoms with Crippen LogP contribution in [0.1, 0.15) is 64.4 Å². The Hall–Kier alpha value is -4.37. The number of Topliss-reactive ketones (excluding diaryl/α,β-unsaturated/α-hetero) is 1. The number of phenolic OH excluding ortho intramolecular Hbond substituents is 1. The van der Waals surface area contributed by atoms with Crippen LogP contribution < -0.4 is 15.5 Å². The maximum atomic E-state index is 14.7. The second kappa shape index (κ2) is 17.3. The number of aliphatic hydroxyl groups excluding tert-OH is 2. The van der Waals surface area contributed by atoms with Crippen LogP contribution in [0, 0.1) is 30.6 Å². The Kier molecular flexibility index (Phi) is 13.0. The average molecular weight is 865 g/mol. The molecule has 314 valence electrons. The molecule has 0 spiro atoms. The van der Waals surface area contributed by atoms with E-state index in [1.807, 2.05) is 18.2 Å². The van der Waals surface area contributed by atoms with Gasteiger partial charge < -0.3 is 39.6 Å². The van der Waals surface area contributed by atoms with E-state index in [9.17, 15) is 34.5 Å². The van der Waals surface area contributed by atoms with Crippen molar-refractivity contribution in [3.8, 4) is 11.5 Å². The van der Waals surface area contributed by atoms with Crippen molar-refractivity contribution in [2.45, 2.75) is 90.5 Å². The first-order valence-electron chi connectivity index (χ1n) is 19.1. The zero-order valence-corrected chi connectivity index (χ0v) is 37.0. The molecular formula is C43H49N2O11PS2. The first kappa shape index (κ1) is 44.2. The molecule has 0 radical (unpaired) electrons. The minimum atomic E-state index is -1.99. The molecule has 59 heavy (non-hydrogen) atoms. The number of benzene rings is 3. The molecule has 6 rings (SSSR count). The SMILES string of the molecule is COC1C=COC2(C)Oc3c(C)c(=O)c4c(O)c(c5sc6cccc(SP)c6nc5c4c3C2=O)NC(=O)C(C)=CC=CC(C)C(O)C(C)C(O)C(C)C(OC(C)=O)C1C. The topological polar surface area (TPSA) is 191 Å². The number of methoxy groups -OCH3 is 1. The quantitative estimate of drug-likeness (QED) is 0.0526. The Labute approximate surface area is 351 Å². The monoisotopic (exact) mass is 864 g/mol. The number of hydrogen-bond donors (Lipinski definition) is 4. The summed E-state index contributed by atoms with van der Waals surface area (Å²) >= 11 is 2.61. The maximum Gasteiger partial charge on any atom is 0.312 e. The summed E-state index contributed by atoms with van der Waals surface area (Å²) in [6.07, 6.45) is 3.82. The highest BCUT2D eigenvalue weighted by Gasteiger charge is 2.49. The van der Waals surface area contributed by atoms with Crippen LogP contribution in [-0.2, 0) is 23.8 Å². The summed E-state index contributed by atoms with van der Waals surface area (Å²) in [6, 6.07) is 5.59. The van der Waals surface area contributed by atoms with Crippen LogP contribution in [0.4, 0.5) is 5.69 Å². The van der Waals surface area contributed by atoms with E-state index < -0.39 is 82.7 Å². The number of hydrogen-bond acceptors (Lipinski definition) is 14. The lowest BCUT2D eigenvalue weighted by atomic mass is 9.78. The molecule has 3 heterocycles. The Morgan fingerprint density at radius 3 is 2.39 bits per heavy atom. The molecule has 0 fully saturated rings. The molecule has 10 atom stereocenters. The van der Waals surface area contributed by atoms with E-state index in [2.05, 4.69) is 13.8 Å². The fourth-order valence-electron chi connectivity index (χ4n) is 7.90. The minimum Gasteiger partial charge on any atom is -0.505 e. The van der Waals surface area contributed by atoms with Gasteiger partial charge in [0.25, 0.3) is 11.7 Å². The largest absolute Gasteiger partial charge is 0.505 e. The third kappa shape index (κ3) is 8.01. The molecule has 4 bridgehead atoms. The van der Waals surface area contributed by atoms with Gasteiger partial charge in [0, 0.05) is 66.0 Å². The van der Waals surface area contributed by atoms with Crippen molar-refractivity contribution in [2.75, 3.05) is 12.4 Å². The van der Waals surface area contributed by atoms with Gasteiger partial charge in [0.15, 0.2) is 11.2 Å². The molecule has 1 aromatic heterocycles. The highest BCUT2D eigenvalue weighted by molar-refractivity contribution is 8.44. The number of carbonyl (C=O) groups is 3. The number of allylic oxidation sites excluding steroid dienone is 2. The van der Waals surface area contributed by atoms with Gasteiger partial charge in [-0.05, 0) is 32.1 Å². The van der Waals surface area contributed by atoms with Crippen molar-refractivity contribution in [3.63, 3.8) is 0 Å². The Bertz CT molecular complexity index is 2520. The molecule has 4 N–H and O–H groups in total. The van der Waals surface area contributed by atoms with Gasteiger partial charge in [-0.15, -0.1) is 22.7 Å². The van der Waals surface area contributed by atoms with Crippen molar-refractivity contribution < 1.29 is 48.7 Å². The number of aliphatic hydroxyl groups is 2. The van der Waals surface area contributed by atoms with E-state index >= 15 is 0 Å². The number of rotatable bonds is 3. The summed E-state index contributed by atoms with van der Waals surface area (Å²) in [5, 5.41) is 37.6. The highest BCUT2D eigenvalue weighted by atomic mass is 32.7. The van der Waals surface area contributed by atoms with Crippen molar-refractivity contribution in [1.82, 2.24) is 4.98 Å². The molecule has 13 nitrogen and oxygen atoms in total. The number of fused-ring (bicyclic) bond motifs is 2. The number of nitrogens with zero attached hydrogens (tertiary/aromatic N) is 1. The molecule has 16 heteroatoms. The Morgan fingerprint density at radius 1 is 1.02 bits per heavy atom. The number of anilines is 1. The third-order valence-electron chi connectivity index (χ3n) is 11.5. The van der Waals surface area contributed by atoms with Gasteiger partial charge in [0.1, 0.15) is 17.5 Å². The third-order valence-corrected chi connectivity index (χ3v) is 13.9. The summed E-state index contributed by atoms with van der Waals surface area (Å²) in [5.74, 6) is -6.79. The van der Waals surface area contributed by atoms with Crippen LogP contribution in [0.3, 0.4) is 0 Å². The molecule has 0 saturated heterocycles. The molecule has 1 amide bonds. The van der Waals surface area contributed by atoms with Gasteiger partial charge in [0.2, 0.25) is 0 Å². The summed E-state index contributed by atoms with van der Waals surface area (Å²) in [5.41, 5.74) is 0.336. The lowest BCUT2D eigenvalue weighted by Gasteiger charge is -2.38. The number of carbonyl (C=O) groups excluding carboxylic acids is 3. The number of esters is 1. The molecular weight excluding hydrogens is 816 g/mol. The predicted octanol–water partition coefficient (Wildman–Crippen LogP) is 7.35. The van der Waals surface area contributed by atoms with Crippen LogP contribution in [-0.4, -0.2) is 75.3 Å². The van der Waals surface area contributed by atoms with E-state index in [4.69, 9.17) is 23.9 Å². The number of aromatic hydroxyl groups is 1. The van der Waals surface area contributed by atoms with Gasteiger partial charge in [-0.25, -0.2) is 4.98 Å². The van der Waals surface area contributed by atoms with Gasteiger partial charge in [-0.2, -0.15) is 0 Å². The first-order chi connectivity index (χ1) is 27.9. The number of ether oxygens (including phenoxy) is 4. The van der Waals surface area contributed by atoms with Crippen LogP contribution in [0.25, 0.3) is 31.2 Å². The second-order valence-corrected chi connectivity index (χ2v) is 17.9. The highest BCUT2D eigenvalue weighted by Crippen LogP contribution is 2.50. The average Bonchev–Trinajstić information content (AvgIpc) is 3.47. The van der Waals surface area contributed by atoms with Crippen LogP contribution >= 0.6 is 31.2 Å². The summed E-state index contributed by atoms with van der Waals surface area (Å²) in [7, 11) is 4.05. The van der Waals surface area contributed by atoms with Crippen LogP contribution in [0.5, 0.6) is 11.5 Å². The summed E-state index contributed by atoms with van der Waals surface area (Å²) < 4.78 is 24.9. The lowest BCUT2D eigenvalue weighted by molar-refractivity contribution is -0.160. The van der Waals surface area contributed by atoms with Crippen molar-refractivity contribution in [3.05, 3.63) is 75.7 Å². The molecule has 0 aliphatic carbocycles. The van der Waals surface area contributed by atoms with E-state index in [0.717, 1.165) is 4.90 Å². The zero-order valence-electron chi connectivity index (χ0n) is 34.2. The molecule has 2 aliphatic rings. The second-order valence-electron chi connectivity index (χ2n) is 15.4. The molecule has 10 unspecified atom stereocenters. The normalized spacial score (nSPS) is 28.2. The number of amides is 1. The van der Waals surface area contributed by atoms with Crippen molar-refractivity contribution >= 4 is 85.7 Å². The smallest absolute Gasteiger partial charge is 0.312 e. The lowest BCUT2D eigenvalue weighted by Crippen LogP contribution is -2.46. The molecule has 3 aromatic carbocycles. The zero-order chi connectivity index (χ0) is 43.2. The standard InChI is InChI=1S/C43H49N2O11PS2/c1-18-12-10-13-19(2)42(52)45-33-37(50)29-28(32-40(33)58-26-14-11-15-27(59-57)31(26)44-32)30-39(23(6)36(29)49)56-43(8,41(30)51)54-17-16-25(53-9)20(3)38(55-24(7)46)22(5)35(48)21(4)34(18)47/h10-18,20-22,25,34-35,38,47-48,50H,57H2,1-9H3,(H,45,52). The van der Waals surface area contributed by atoms with Gasteiger partial charge >= 0.3 is 11.8 Å². The summed E-state index contributed by atoms with van der Waals surface area (Å²) in [4.78, 5) is 61.0. The minimum absolute atomic E-state index is 0.0169. The number of para-hydroxylation sites is 1. The van der Waals surface area contributed by atoms with E-state index in [1.165, 1.54) is 62.9 Å². The van der Waals surface area contributed by atoms with Crippen molar-refractivity contribution in [1.29, 1.82) is 0 Å². The van der Waals surface area contributed by atoms with Crippen LogP contribution in [0.15, 0.2) is 64.0 Å². The Balaban J connectivity index is 1.60. The molecule has 0 saturated carbocycles. The van der Waals surface area contributed by atoms with Crippen molar-refractivity contribution in [2.24, 2.45) is 23.7 Å². The maximum absolute atomic E-state index is 14.7. The van der Waals surface area contributed by atoms with Gasteiger partial charge in [-0.3, -0.25) is 19.2 Å². The number of nitrogens with one attached hydrogen (secondary N) is 1. The number of phenols is 1. The van der Waals surface area contributed by atoms with E-state index in [-0.39, 0.29) is 44.4 Å². The fraction of sp³-hybridized carbons (Fsp3) is 0.419. The number of aromatic nitrogens is 1. The Morgan fingerprint density at radius 2 is 1.73 bits per heavy atom. The first-order valence-corrected chi connectivity index (χ1v) is 22.2. The van der Waals surface area contributed by atoms with E-state index in [0.29, 0.717) is 14.9 Å². The van der Waals surface area contributed by atoms with E-state index in [1.54, 1.807) is 52.8 Å². The molecule has 4 aromatic rings. The number of ketones is 1. The van der Waals surface area contributed by atoms with Gasteiger partial charge in [0.05, 0.1) is 56.0 Å². The van der Waals surface area contributed by atoms with Gasteiger partial charge in [-0.1, -0.05) is 60.4 Å². The molecule has 2 aliphatic heterocycles. The summed E-state index contributed by atoms with van der Waals surface area (Å²) in [6.45, 7) is 12.7.